The number of nitro groups is 1. The normalized spacial score (nSPS) is 13.2. The minimum Gasteiger partial charge on any atom is -0.313 e. The number of rotatable bonds is 7. The van der Waals surface area contributed by atoms with E-state index in [-0.39, 0.29) is 16.0 Å². The molecule has 1 atom stereocenters. The second-order valence-corrected chi connectivity index (χ2v) is 6.88. The minimum absolute atomic E-state index is 0.116. The van der Waals surface area contributed by atoms with Gasteiger partial charge in [-0.3, -0.25) is 10.1 Å². The molecule has 0 radical (unpaired) electrons. The zero-order valence-electron chi connectivity index (χ0n) is 13.3. The zero-order valence-corrected chi connectivity index (χ0v) is 14.0. The van der Waals surface area contributed by atoms with Gasteiger partial charge in [-0.25, -0.2) is 0 Å². The summed E-state index contributed by atoms with van der Waals surface area (Å²) < 4.78 is 0. The first-order valence-corrected chi connectivity index (χ1v) is 7.79. The van der Waals surface area contributed by atoms with Crippen molar-refractivity contribution < 1.29 is 4.92 Å². The highest BCUT2D eigenvalue weighted by atomic mass is 35.5. The Bertz CT molecular complexity index is 484. The second-order valence-electron chi connectivity index (χ2n) is 6.44. The van der Waals surface area contributed by atoms with Crippen molar-refractivity contribution in [2.24, 2.45) is 5.41 Å². The average molecular weight is 313 g/mol. The molecule has 4 nitrogen and oxygen atoms in total. The quantitative estimate of drug-likeness (QED) is 0.591. The molecule has 0 saturated heterocycles. The Morgan fingerprint density at radius 3 is 2.57 bits per heavy atom. The van der Waals surface area contributed by atoms with Crippen molar-refractivity contribution in [2.75, 3.05) is 6.54 Å². The number of hydrogen-bond donors (Lipinski definition) is 1. The number of nitrogens with zero attached hydrogens (tertiary/aromatic N) is 1. The smallest absolute Gasteiger partial charge is 0.274 e. The van der Waals surface area contributed by atoms with Gasteiger partial charge in [-0.15, -0.1) is 0 Å². The van der Waals surface area contributed by atoms with E-state index in [0.29, 0.717) is 17.5 Å². The van der Waals surface area contributed by atoms with Gasteiger partial charge >= 0.3 is 0 Å². The Morgan fingerprint density at radius 1 is 1.38 bits per heavy atom. The summed E-state index contributed by atoms with van der Waals surface area (Å²) in [5.74, 6) is 0. The third-order valence-electron chi connectivity index (χ3n) is 3.63. The Balaban J connectivity index is 2.82. The molecular weight excluding hydrogens is 288 g/mol. The maximum atomic E-state index is 11.1. The van der Waals surface area contributed by atoms with Crippen molar-refractivity contribution in [3.8, 4) is 0 Å². The van der Waals surface area contributed by atoms with Crippen molar-refractivity contribution in [1.29, 1.82) is 0 Å². The van der Waals surface area contributed by atoms with Gasteiger partial charge in [0.1, 0.15) is 0 Å². The van der Waals surface area contributed by atoms with Gasteiger partial charge in [0.2, 0.25) is 0 Å². The number of hydrogen-bond acceptors (Lipinski definition) is 3. The molecule has 0 heterocycles. The molecule has 1 aromatic rings. The summed E-state index contributed by atoms with van der Waals surface area (Å²) in [6.45, 7) is 9.67. The van der Waals surface area contributed by atoms with Crippen LogP contribution in [0.15, 0.2) is 18.2 Å². The standard InChI is InChI=1S/C16H25ClN2O2/c1-5-10-18-15(16(2,3)4)9-7-12-6-8-13(17)11-14(12)19(20)21/h6,8,11,15,18H,5,7,9-10H2,1-4H3. The van der Waals surface area contributed by atoms with Crippen LogP contribution in [0.4, 0.5) is 5.69 Å². The summed E-state index contributed by atoms with van der Waals surface area (Å²) in [4.78, 5) is 10.8. The largest absolute Gasteiger partial charge is 0.313 e. The van der Waals surface area contributed by atoms with Crippen LogP contribution in [0.1, 0.15) is 46.1 Å². The topological polar surface area (TPSA) is 55.2 Å². The molecule has 1 aromatic carbocycles. The molecule has 118 valence electrons. The molecular formula is C16H25ClN2O2. The maximum Gasteiger partial charge on any atom is 0.274 e. The maximum absolute atomic E-state index is 11.1. The van der Waals surface area contributed by atoms with E-state index in [4.69, 9.17) is 11.6 Å². The lowest BCUT2D eigenvalue weighted by Crippen LogP contribution is -2.41. The molecule has 0 aliphatic heterocycles. The van der Waals surface area contributed by atoms with Gasteiger partial charge in [0, 0.05) is 22.7 Å². The molecule has 1 rings (SSSR count). The zero-order chi connectivity index (χ0) is 16.0. The van der Waals surface area contributed by atoms with Gasteiger partial charge < -0.3 is 5.32 Å². The van der Waals surface area contributed by atoms with Crippen LogP contribution >= 0.6 is 11.6 Å². The third kappa shape index (κ3) is 5.64. The lowest BCUT2D eigenvalue weighted by atomic mass is 9.83. The number of nitro benzene ring substituents is 1. The first-order chi connectivity index (χ1) is 9.75. The summed E-state index contributed by atoms with van der Waals surface area (Å²) in [5, 5.41) is 15.1. The van der Waals surface area contributed by atoms with E-state index in [1.807, 2.05) is 0 Å². The monoisotopic (exact) mass is 312 g/mol. The van der Waals surface area contributed by atoms with Gasteiger partial charge in [0.15, 0.2) is 0 Å². The summed E-state index contributed by atoms with van der Waals surface area (Å²) >= 11 is 5.85. The SMILES string of the molecule is CCCNC(CCc1ccc(Cl)cc1[N+](=O)[O-])C(C)(C)C. The molecule has 1 N–H and O–H groups in total. The van der Waals surface area contributed by atoms with Crippen LogP contribution in [-0.2, 0) is 6.42 Å². The lowest BCUT2D eigenvalue weighted by Gasteiger charge is -2.31. The third-order valence-corrected chi connectivity index (χ3v) is 3.87. The molecule has 5 heteroatoms. The highest BCUT2D eigenvalue weighted by Crippen LogP contribution is 2.28. The number of halogens is 1. The Labute approximate surface area is 132 Å². The van der Waals surface area contributed by atoms with E-state index >= 15 is 0 Å². The molecule has 0 amide bonds. The summed E-state index contributed by atoms with van der Waals surface area (Å²) in [6.07, 6.45) is 2.62. The molecule has 0 aliphatic rings. The number of nitrogens with one attached hydrogen (secondary N) is 1. The number of benzene rings is 1. The lowest BCUT2D eigenvalue weighted by molar-refractivity contribution is -0.385. The summed E-state index contributed by atoms with van der Waals surface area (Å²) in [7, 11) is 0. The summed E-state index contributed by atoms with van der Waals surface area (Å²) in [6, 6.07) is 5.24. The van der Waals surface area contributed by atoms with Crippen LogP contribution in [0.2, 0.25) is 5.02 Å². The predicted octanol–water partition coefficient (Wildman–Crippen LogP) is 4.60. The van der Waals surface area contributed by atoms with E-state index in [9.17, 15) is 10.1 Å². The Kier molecular flexibility index (Phi) is 6.62. The van der Waals surface area contributed by atoms with Crippen LogP contribution in [-0.4, -0.2) is 17.5 Å². The van der Waals surface area contributed by atoms with Gasteiger partial charge in [-0.05, 0) is 37.3 Å². The van der Waals surface area contributed by atoms with Crippen molar-refractivity contribution in [1.82, 2.24) is 5.32 Å². The molecule has 0 saturated carbocycles. The Hall–Kier alpha value is -1.13. The molecule has 21 heavy (non-hydrogen) atoms. The first kappa shape index (κ1) is 17.9. The van der Waals surface area contributed by atoms with Crippen LogP contribution in [0.25, 0.3) is 0 Å². The molecule has 0 aromatic heterocycles. The van der Waals surface area contributed by atoms with E-state index in [2.05, 4.69) is 33.0 Å². The fourth-order valence-electron chi connectivity index (χ4n) is 2.38. The molecule has 0 spiro atoms. The fraction of sp³-hybridized carbons (Fsp3) is 0.625. The average Bonchev–Trinajstić information content (AvgIpc) is 2.38. The van der Waals surface area contributed by atoms with Gasteiger partial charge in [0.05, 0.1) is 4.92 Å². The first-order valence-electron chi connectivity index (χ1n) is 7.42. The van der Waals surface area contributed by atoms with Crippen molar-refractivity contribution in [3.05, 3.63) is 38.9 Å². The molecule has 0 bridgehead atoms. The van der Waals surface area contributed by atoms with Gasteiger partial charge in [0.25, 0.3) is 5.69 Å². The highest BCUT2D eigenvalue weighted by molar-refractivity contribution is 6.30. The fourth-order valence-corrected chi connectivity index (χ4v) is 2.54. The van der Waals surface area contributed by atoms with Crippen LogP contribution in [0.5, 0.6) is 0 Å². The van der Waals surface area contributed by atoms with E-state index in [0.717, 1.165) is 24.9 Å². The molecule has 0 aliphatic carbocycles. The van der Waals surface area contributed by atoms with E-state index in [1.165, 1.54) is 6.07 Å². The van der Waals surface area contributed by atoms with Gasteiger partial charge in [-0.2, -0.15) is 0 Å². The summed E-state index contributed by atoms with van der Waals surface area (Å²) in [5.41, 5.74) is 0.985. The van der Waals surface area contributed by atoms with Crippen LogP contribution < -0.4 is 5.32 Å². The second kappa shape index (κ2) is 7.76. The van der Waals surface area contributed by atoms with Crippen LogP contribution in [0, 0.1) is 15.5 Å². The van der Waals surface area contributed by atoms with Crippen molar-refractivity contribution in [3.63, 3.8) is 0 Å². The van der Waals surface area contributed by atoms with Crippen LogP contribution in [0.3, 0.4) is 0 Å². The van der Waals surface area contributed by atoms with Crippen molar-refractivity contribution in [2.45, 2.75) is 53.0 Å². The highest BCUT2D eigenvalue weighted by Gasteiger charge is 2.24. The van der Waals surface area contributed by atoms with E-state index in [1.54, 1.807) is 12.1 Å². The molecule has 0 fully saturated rings. The predicted molar refractivity (Wildman–Crippen MR) is 88.0 cm³/mol. The van der Waals surface area contributed by atoms with E-state index < -0.39 is 0 Å². The number of aryl methyl sites for hydroxylation is 1. The van der Waals surface area contributed by atoms with Crippen molar-refractivity contribution >= 4 is 17.3 Å². The van der Waals surface area contributed by atoms with Gasteiger partial charge in [-0.1, -0.05) is 45.4 Å². The Morgan fingerprint density at radius 2 is 2.05 bits per heavy atom. The molecule has 1 unspecified atom stereocenters. The minimum atomic E-state index is -0.354.